The van der Waals surface area contributed by atoms with Gasteiger partial charge in [-0.25, -0.2) is 5.43 Å². The second-order valence-corrected chi connectivity index (χ2v) is 5.29. The van der Waals surface area contributed by atoms with Gasteiger partial charge in [0.25, 0.3) is 5.91 Å². The molecule has 0 unspecified atom stereocenters. The van der Waals surface area contributed by atoms with Gasteiger partial charge in [-0.05, 0) is 37.3 Å². The van der Waals surface area contributed by atoms with E-state index in [1.807, 2.05) is 19.1 Å². The lowest BCUT2D eigenvalue weighted by molar-refractivity contribution is -0.123. The number of hydrazone groups is 1. The molecule has 2 aromatic carbocycles. The lowest BCUT2D eigenvalue weighted by atomic mass is 10.2. The first-order valence-electron chi connectivity index (χ1n) is 7.64. The fourth-order valence-corrected chi connectivity index (χ4v) is 2.19. The average Bonchev–Trinajstić information content (AvgIpc) is 2.61. The number of hydrogen-bond acceptors (Lipinski definition) is 5. The van der Waals surface area contributed by atoms with E-state index in [2.05, 4.69) is 10.5 Å². The summed E-state index contributed by atoms with van der Waals surface area (Å²) in [5, 5.41) is 4.46. The van der Waals surface area contributed by atoms with Crippen molar-refractivity contribution < 1.29 is 19.0 Å². The number of para-hydroxylation sites is 1. The summed E-state index contributed by atoms with van der Waals surface area (Å²) >= 11 is 5.85. The Labute approximate surface area is 151 Å². The number of nitrogens with one attached hydrogen (secondary N) is 1. The standard InChI is InChI=1S/C18H19ClN2O4/c1-3-24-18-13(6-4-9-16(18)23-2)11-20-21-17(22)12-25-15-8-5-7-14(19)10-15/h4-11H,3,12H2,1-2H3,(H,21,22)/b20-11+. The lowest BCUT2D eigenvalue weighted by Crippen LogP contribution is -2.24. The van der Waals surface area contributed by atoms with Crippen LogP contribution in [0, 0.1) is 0 Å². The molecule has 0 heterocycles. The first-order chi connectivity index (χ1) is 12.1. The minimum atomic E-state index is -0.392. The van der Waals surface area contributed by atoms with Crippen molar-refractivity contribution in [2.45, 2.75) is 6.92 Å². The number of carbonyl (C=O) groups is 1. The maximum Gasteiger partial charge on any atom is 0.277 e. The Hall–Kier alpha value is -2.73. The number of halogens is 1. The molecule has 1 amide bonds. The molecule has 0 saturated carbocycles. The summed E-state index contributed by atoms with van der Waals surface area (Å²) in [6, 6.07) is 12.2. The molecule has 0 aliphatic rings. The van der Waals surface area contributed by atoms with Crippen molar-refractivity contribution in [3.8, 4) is 17.2 Å². The number of ether oxygens (including phenoxy) is 3. The molecule has 0 bridgehead atoms. The van der Waals surface area contributed by atoms with Crippen molar-refractivity contribution in [2.75, 3.05) is 20.3 Å². The van der Waals surface area contributed by atoms with Crippen LogP contribution in [0.3, 0.4) is 0 Å². The molecule has 25 heavy (non-hydrogen) atoms. The first-order valence-corrected chi connectivity index (χ1v) is 8.02. The van der Waals surface area contributed by atoms with Crippen LogP contribution in [-0.2, 0) is 4.79 Å². The molecular formula is C18H19ClN2O4. The van der Waals surface area contributed by atoms with Crippen LogP contribution in [0.4, 0.5) is 0 Å². The fraction of sp³-hybridized carbons (Fsp3) is 0.222. The van der Waals surface area contributed by atoms with Crippen LogP contribution in [0.1, 0.15) is 12.5 Å². The van der Waals surface area contributed by atoms with Crippen LogP contribution < -0.4 is 19.6 Å². The molecule has 7 heteroatoms. The molecule has 0 spiro atoms. The van der Waals surface area contributed by atoms with E-state index in [1.165, 1.54) is 6.21 Å². The van der Waals surface area contributed by atoms with Crippen molar-refractivity contribution in [2.24, 2.45) is 5.10 Å². The van der Waals surface area contributed by atoms with Crippen LogP contribution >= 0.6 is 11.6 Å². The van der Waals surface area contributed by atoms with E-state index in [4.69, 9.17) is 25.8 Å². The molecule has 0 aliphatic carbocycles. The van der Waals surface area contributed by atoms with Crippen LogP contribution in [0.15, 0.2) is 47.6 Å². The van der Waals surface area contributed by atoms with E-state index in [1.54, 1.807) is 37.4 Å². The zero-order chi connectivity index (χ0) is 18.1. The normalized spacial score (nSPS) is 10.5. The molecule has 1 N–H and O–H groups in total. The Bertz CT molecular complexity index is 750. The largest absolute Gasteiger partial charge is 0.493 e. The van der Waals surface area contributed by atoms with Gasteiger partial charge in [0.2, 0.25) is 0 Å². The van der Waals surface area contributed by atoms with Crippen LogP contribution in [0.2, 0.25) is 5.02 Å². The van der Waals surface area contributed by atoms with Gasteiger partial charge in [-0.1, -0.05) is 23.7 Å². The second kappa shape index (κ2) is 9.54. The third-order valence-corrected chi connectivity index (χ3v) is 3.31. The minimum absolute atomic E-state index is 0.173. The van der Waals surface area contributed by atoms with Crippen LogP contribution in [-0.4, -0.2) is 32.4 Å². The predicted octanol–water partition coefficient (Wildman–Crippen LogP) is 3.28. The Balaban J connectivity index is 1.93. The number of carbonyl (C=O) groups excluding carboxylic acids is 1. The maximum absolute atomic E-state index is 11.8. The Morgan fingerprint density at radius 3 is 2.76 bits per heavy atom. The molecule has 132 valence electrons. The van der Waals surface area contributed by atoms with Gasteiger partial charge in [0, 0.05) is 10.6 Å². The molecule has 0 atom stereocenters. The SMILES string of the molecule is CCOc1c(/C=N/NC(=O)COc2cccc(Cl)c2)cccc1OC. The highest BCUT2D eigenvalue weighted by Gasteiger charge is 2.08. The van der Waals surface area contributed by atoms with E-state index in [-0.39, 0.29) is 6.61 Å². The fourth-order valence-electron chi connectivity index (χ4n) is 2.01. The summed E-state index contributed by atoms with van der Waals surface area (Å²) in [6.45, 7) is 2.19. The quantitative estimate of drug-likeness (QED) is 0.578. The van der Waals surface area contributed by atoms with Crippen molar-refractivity contribution in [1.82, 2.24) is 5.43 Å². The summed E-state index contributed by atoms with van der Waals surface area (Å²) in [4.78, 5) is 11.8. The smallest absolute Gasteiger partial charge is 0.277 e. The molecule has 0 aromatic heterocycles. The highest BCUT2D eigenvalue weighted by atomic mass is 35.5. The number of amides is 1. The van der Waals surface area contributed by atoms with Gasteiger partial charge in [0.15, 0.2) is 18.1 Å². The van der Waals surface area contributed by atoms with Gasteiger partial charge in [-0.15, -0.1) is 0 Å². The van der Waals surface area contributed by atoms with Gasteiger partial charge in [-0.3, -0.25) is 4.79 Å². The van der Waals surface area contributed by atoms with Gasteiger partial charge < -0.3 is 14.2 Å². The summed E-state index contributed by atoms with van der Waals surface area (Å²) in [6.07, 6.45) is 1.49. The number of rotatable bonds is 8. The Morgan fingerprint density at radius 1 is 1.24 bits per heavy atom. The third kappa shape index (κ3) is 5.69. The topological polar surface area (TPSA) is 69.2 Å². The number of benzene rings is 2. The van der Waals surface area contributed by atoms with Gasteiger partial charge in [0.1, 0.15) is 5.75 Å². The molecule has 0 fully saturated rings. The highest BCUT2D eigenvalue weighted by Crippen LogP contribution is 2.29. The molecule has 0 saturated heterocycles. The van der Waals surface area contributed by atoms with E-state index in [0.717, 1.165) is 0 Å². The second-order valence-electron chi connectivity index (χ2n) is 4.85. The van der Waals surface area contributed by atoms with E-state index < -0.39 is 5.91 Å². The van der Waals surface area contributed by atoms with E-state index in [9.17, 15) is 4.79 Å². The molecule has 6 nitrogen and oxygen atoms in total. The molecule has 2 aromatic rings. The number of hydrogen-bond donors (Lipinski definition) is 1. The van der Waals surface area contributed by atoms with Crippen molar-refractivity contribution in [1.29, 1.82) is 0 Å². The van der Waals surface area contributed by atoms with Crippen molar-refractivity contribution in [3.05, 3.63) is 53.1 Å². The first kappa shape index (κ1) is 18.6. The summed E-state index contributed by atoms with van der Waals surface area (Å²) < 4.78 is 16.2. The Kier molecular flexibility index (Phi) is 7.10. The Morgan fingerprint density at radius 2 is 2.04 bits per heavy atom. The minimum Gasteiger partial charge on any atom is -0.493 e. The van der Waals surface area contributed by atoms with Crippen molar-refractivity contribution >= 4 is 23.7 Å². The molecule has 0 aliphatic heterocycles. The molecule has 2 rings (SSSR count). The maximum atomic E-state index is 11.8. The zero-order valence-electron chi connectivity index (χ0n) is 14.0. The third-order valence-electron chi connectivity index (χ3n) is 3.08. The van der Waals surface area contributed by atoms with E-state index in [0.29, 0.717) is 34.4 Å². The van der Waals surface area contributed by atoms with E-state index >= 15 is 0 Å². The number of methoxy groups -OCH3 is 1. The van der Waals surface area contributed by atoms with Gasteiger partial charge in [-0.2, -0.15) is 5.10 Å². The predicted molar refractivity (Wildman–Crippen MR) is 96.8 cm³/mol. The molecular weight excluding hydrogens is 344 g/mol. The highest BCUT2D eigenvalue weighted by molar-refractivity contribution is 6.30. The summed E-state index contributed by atoms with van der Waals surface area (Å²) in [7, 11) is 1.56. The lowest BCUT2D eigenvalue weighted by Gasteiger charge is -2.11. The summed E-state index contributed by atoms with van der Waals surface area (Å²) in [5.41, 5.74) is 3.09. The van der Waals surface area contributed by atoms with Gasteiger partial charge in [0.05, 0.1) is 19.9 Å². The zero-order valence-corrected chi connectivity index (χ0v) is 14.7. The number of nitrogens with zero attached hydrogens (tertiary/aromatic N) is 1. The van der Waals surface area contributed by atoms with Crippen LogP contribution in [0.5, 0.6) is 17.2 Å². The van der Waals surface area contributed by atoms with Crippen molar-refractivity contribution in [3.63, 3.8) is 0 Å². The summed E-state index contributed by atoms with van der Waals surface area (Å²) in [5.74, 6) is 1.29. The average molecular weight is 363 g/mol. The van der Waals surface area contributed by atoms with Crippen LogP contribution in [0.25, 0.3) is 0 Å². The van der Waals surface area contributed by atoms with Gasteiger partial charge >= 0.3 is 0 Å². The monoisotopic (exact) mass is 362 g/mol. The molecule has 0 radical (unpaired) electrons.